The highest BCUT2D eigenvalue weighted by Crippen LogP contribution is 2.34. The van der Waals surface area contributed by atoms with E-state index in [1.54, 1.807) is 10.9 Å². The summed E-state index contributed by atoms with van der Waals surface area (Å²) >= 11 is 0. The van der Waals surface area contributed by atoms with E-state index in [2.05, 4.69) is 28.1 Å². The average Bonchev–Trinajstić information content (AvgIpc) is 3.38. The molecule has 7 nitrogen and oxygen atoms in total. The van der Waals surface area contributed by atoms with E-state index in [9.17, 15) is 0 Å². The quantitative estimate of drug-likeness (QED) is 0.602. The summed E-state index contributed by atoms with van der Waals surface area (Å²) in [7, 11) is 1.90. The van der Waals surface area contributed by atoms with E-state index in [1.165, 1.54) is 5.56 Å². The van der Waals surface area contributed by atoms with E-state index < -0.39 is 0 Å². The molecule has 1 atom stereocenters. The van der Waals surface area contributed by atoms with Crippen LogP contribution in [0.1, 0.15) is 24.2 Å². The van der Waals surface area contributed by atoms with E-state index in [0.29, 0.717) is 6.79 Å². The molecule has 4 aromatic rings. The summed E-state index contributed by atoms with van der Waals surface area (Å²) in [6.45, 7) is 2.46. The van der Waals surface area contributed by atoms with Gasteiger partial charge in [-0.25, -0.2) is 9.67 Å². The van der Waals surface area contributed by atoms with Crippen LogP contribution in [0.15, 0.2) is 42.6 Å². The molecule has 0 saturated carbocycles. The molecule has 0 fully saturated rings. The highest BCUT2D eigenvalue weighted by molar-refractivity contribution is 5.87. The zero-order chi connectivity index (χ0) is 18.4. The van der Waals surface area contributed by atoms with Gasteiger partial charge in [-0.2, -0.15) is 5.10 Å². The molecule has 1 N–H and O–H groups in total. The summed E-state index contributed by atoms with van der Waals surface area (Å²) < 4.78 is 12.7. The van der Waals surface area contributed by atoms with Crippen molar-refractivity contribution in [1.29, 1.82) is 0 Å². The normalized spacial score (nSPS) is 14.0. The molecule has 0 amide bonds. The van der Waals surface area contributed by atoms with E-state index in [1.807, 2.05) is 37.4 Å². The van der Waals surface area contributed by atoms with E-state index in [4.69, 9.17) is 14.5 Å². The van der Waals surface area contributed by atoms with Crippen molar-refractivity contribution in [2.45, 2.75) is 19.3 Å². The van der Waals surface area contributed by atoms with Crippen molar-refractivity contribution in [3.8, 4) is 22.9 Å². The molecule has 3 aromatic heterocycles. The smallest absolute Gasteiger partial charge is 0.231 e. The van der Waals surface area contributed by atoms with Crippen LogP contribution in [-0.4, -0.2) is 31.5 Å². The molecule has 0 spiro atoms. The monoisotopic (exact) mass is 361 g/mol. The van der Waals surface area contributed by atoms with Crippen molar-refractivity contribution in [2.75, 3.05) is 6.79 Å². The van der Waals surface area contributed by atoms with Gasteiger partial charge in [0.05, 0.1) is 5.69 Å². The fourth-order valence-corrected chi connectivity index (χ4v) is 3.46. The molecule has 0 unspecified atom stereocenters. The molecule has 136 valence electrons. The van der Waals surface area contributed by atoms with E-state index in [-0.39, 0.29) is 5.92 Å². The number of rotatable bonds is 4. The third-order valence-electron chi connectivity index (χ3n) is 4.85. The zero-order valence-corrected chi connectivity index (χ0v) is 15.1. The molecule has 0 radical (unpaired) electrons. The molecule has 0 aliphatic carbocycles. The Labute approximate surface area is 156 Å². The number of aromatic nitrogens is 5. The Morgan fingerprint density at radius 1 is 1.19 bits per heavy atom. The molecular weight excluding hydrogens is 342 g/mol. The summed E-state index contributed by atoms with van der Waals surface area (Å²) in [5.41, 5.74) is 4.60. The standard InChI is InChI=1S/C20H19N5O2/c1-12(9-13-6-7-15-16(10-13)27-11-26-15)19-22-18-17(14-5-3-4-8-21-14)24-25(2)20(18)23-19/h3-8,10,12H,9,11H2,1-2H3,(H,22,23)/t12-/m0/s1. The van der Waals surface area contributed by atoms with Crippen LogP contribution in [0.3, 0.4) is 0 Å². The van der Waals surface area contributed by atoms with Gasteiger partial charge in [0.2, 0.25) is 6.79 Å². The SMILES string of the molecule is C[C@@H](Cc1ccc2c(c1)OCO2)c1nc2c([nH]1)c(-c1ccccn1)nn2C. The Hall–Kier alpha value is -3.35. The lowest BCUT2D eigenvalue weighted by molar-refractivity contribution is 0.174. The Morgan fingerprint density at radius 2 is 2.07 bits per heavy atom. The minimum atomic E-state index is 0.217. The van der Waals surface area contributed by atoms with Crippen LogP contribution in [0.4, 0.5) is 0 Å². The number of ether oxygens (including phenoxy) is 2. The lowest BCUT2D eigenvalue weighted by atomic mass is 10.0. The van der Waals surface area contributed by atoms with Crippen LogP contribution in [0.2, 0.25) is 0 Å². The lowest BCUT2D eigenvalue weighted by Crippen LogP contribution is -2.02. The summed E-state index contributed by atoms with van der Waals surface area (Å²) in [4.78, 5) is 12.7. The van der Waals surface area contributed by atoms with Gasteiger partial charge in [-0.1, -0.05) is 19.1 Å². The van der Waals surface area contributed by atoms with Crippen molar-refractivity contribution in [3.05, 3.63) is 54.0 Å². The first-order valence-corrected chi connectivity index (χ1v) is 8.91. The fraction of sp³-hybridized carbons (Fsp3) is 0.250. The van der Waals surface area contributed by atoms with Crippen LogP contribution in [0, 0.1) is 0 Å². The topological polar surface area (TPSA) is 77.8 Å². The maximum absolute atomic E-state index is 5.48. The first kappa shape index (κ1) is 15.9. The largest absolute Gasteiger partial charge is 0.454 e. The number of fused-ring (bicyclic) bond motifs is 2. The Bertz CT molecular complexity index is 1120. The number of hydrogen-bond acceptors (Lipinski definition) is 5. The van der Waals surface area contributed by atoms with Gasteiger partial charge in [-0.05, 0) is 36.2 Å². The number of aryl methyl sites for hydroxylation is 1. The Morgan fingerprint density at radius 3 is 2.93 bits per heavy atom. The predicted octanol–water partition coefficient (Wildman–Crippen LogP) is 3.43. The van der Waals surface area contributed by atoms with Gasteiger partial charge in [0, 0.05) is 19.2 Å². The number of aromatic amines is 1. The Kier molecular flexibility index (Phi) is 3.60. The van der Waals surface area contributed by atoms with Gasteiger partial charge in [0.1, 0.15) is 17.0 Å². The summed E-state index contributed by atoms with van der Waals surface area (Å²) in [6, 6.07) is 11.9. The van der Waals surface area contributed by atoms with Gasteiger partial charge >= 0.3 is 0 Å². The minimum Gasteiger partial charge on any atom is -0.454 e. The molecule has 27 heavy (non-hydrogen) atoms. The number of pyridine rings is 1. The van der Waals surface area contributed by atoms with Crippen LogP contribution >= 0.6 is 0 Å². The van der Waals surface area contributed by atoms with Gasteiger partial charge in [-0.3, -0.25) is 4.98 Å². The van der Waals surface area contributed by atoms with Crippen LogP contribution in [-0.2, 0) is 13.5 Å². The number of nitrogens with one attached hydrogen (secondary N) is 1. The molecular formula is C20H19N5O2. The van der Waals surface area contributed by atoms with Gasteiger partial charge in [-0.15, -0.1) is 0 Å². The van der Waals surface area contributed by atoms with Crippen molar-refractivity contribution < 1.29 is 9.47 Å². The van der Waals surface area contributed by atoms with Gasteiger partial charge in [0.15, 0.2) is 17.1 Å². The number of hydrogen-bond donors (Lipinski definition) is 1. The number of nitrogens with zero attached hydrogens (tertiary/aromatic N) is 4. The number of H-pyrrole nitrogens is 1. The van der Waals surface area contributed by atoms with Crippen molar-refractivity contribution in [2.24, 2.45) is 7.05 Å². The van der Waals surface area contributed by atoms with E-state index >= 15 is 0 Å². The lowest BCUT2D eigenvalue weighted by Gasteiger charge is -2.09. The maximum atomic E-state index is 5.48. The molecule has 0 bridgehead atoms. The number of benzene rings is 1. The summed E-state index contributed by atoms with van der Waals surface area (Å²) in [5.74, 6) is 2.77. The maximum Gasteiger partial charge on any atom is 0.231 e. The summed E-state index contributed by atoms with van der Waals surface area (Å²) in [6.07, 6.45) is 2.62. The van der Waals surface area contributed by atoms with Crippen LogP contribution < -0.4 is 9.47 Å². The molecule has 5 rings (SSSR count). The minimum absolute atomic E-state index is 0.217. The van der Waals surface area contributed by atoms with E-state index in [0.717, 1.165) is 46.3 Å². The molecule has 7 heteroatoms. The third-order valence-corrected chi connectivity index (χ3v) is 4.85. The highest BCUT2D eigenvalue weighted by Gasteiger charge is 2.20. The second-order valence-electron chi connectivity index (χ2n) is 6.80. The Balaban J connectivity index is 1.46. The molecule has 1 aliphatic rings. The van der Waals surface area contributed by atoms with Crippen LogP contribution in [0.5, 0.6) is 11.5 Å². The highest BCUT2D eigenvalue weighted by atomic mass is 16.7. The second-order valence-corrected chi connectivity index (χ2v) is 6.80. The molecule has 1 aromatic carbocycles. The first-order chi connectivity index (χ1) is 13.2. The zero-order valence-electron chi connectivity index (χ0n) is 15.1. The molecule has 4 heterocycles. The van der Waals surface area contributed by atoms with Gasteiger partial charge < -0.3 is 14.5 Å². The molecule has 1 aliphatic heterocycles. The first-order valence-electron chi connectivity index (χ1n) is 8.91. The number of imidazole rings is 1. The van der Waals surface area contributed by atoms with Crippen molar-refractivity contribution >= 4 is 11.2 Å². The average molecular weight is 361 g/mol. The third kappa shape index (κ3) is 2.71. The molecule has 0 saturated heterocycles. The second kappa shape index (κ2) is 6.12. The predicted molar refractivity (Wildman–Crippen MR) is 101 cm³/mol. The van der Waals surface area contributed by atoms with Crippen molar-refractivity contribution in [1.82, 2.24) is 24.7 Å². The van der Waals surface area contributed by atoms with Crippen LogP contribution in [0.25, 0.3) is 22.6 Å². The van der Waals surface area contributed by atoms with Gasteiger partial charge in [0.25, 0.3) is 0 Å². The summed E-state index contributed by atoms with van der Waals surface area (Å²) in [5, 5.41) is 4.57. The fourth-order valence-electron chi connectivity index (χ4n) is 3.46. The van der Waals surface area contributed by atoms with Crippen molar-refractivity contribution in [3.63, 3.8) is 0 Å².